The molecular weight excluding hydrogens is 731 g/mol. The summed E-state index contributed by atoms with van der Waals surface area (Å²) >= 11 is 0. The predicted molar refractivity (Wildman–Crippen MR) is 246 cm³/mol. The first-order chi connectivity index (χ1) is 30.5. The van der Waals surface area contributed by atoms with Crippen molar-refractivity contribution in [3.05, 3.63) is 216 Å². The van der Waals surface area contributed by atoms with Crippen molar-refractivity contribution in [1.82, 2.24) is 15.0 Å². The van der Waals surface area contributed by atoms with Gasteiger partial charge in [0.1, 0.15) is 0 Å². The van der Waals surface area contributed by atoms with E-state index in [2.05, 4.69) is 123 Å². The molecule has 0 aliphatic heterocycles. The van der Waals surface area contributed by atoms with Crippen molar-refractivity contribution in [2.75, 3.05) is 0 Å². The maximum absolute atomic E-state index is 9.83. The third kappa shape index (κ3) is 5.66. The monoisotopic (exact) mass is 775 g/mol. The van der Waals surface area contributed by atoms with Crippen molar-refractivity contribution >= 4 is 13.3 Å². The Kier molecular flexibility index (Phi) is 7.13. The lowest BCUT2D eigenvalue weighted by Gasteiger charge is -2.30. The topological polar surface area (TPSA) is 38.7 Å². The highest BCUT2D eigenvalue weighted by Crippen LogP contribution is 2.63. The van der Waals surface area contributed by atoms with E-state index in [1.165, 1.54) is 33.0 Å². The predicted octanol–water partition coefficient (Wildman–Crippen LogP) is 13.1. The number of aromatic nitrogens is 3. The number of hydrogen-bond donors (Lipinski definition) is 0. The van der Waals surface area contributed by atoms with E-state index >= 15 is 0 Å². The second-order valence-corrected chi connectivity index (χ2v) is 21.6. The van der Waals surface area contributed by atoms with Gasteiger partial charge in [-0.2, -0.15) is 0 Å². The number of fused-ring (bicyclic) bond motifs is 10. The van der Waals surface area contributed by atoms with Crippen LogP contribution in [0.25, 0.3) is 78.7 Å². The van der Waals surface area contributed by atoms with Crippen molar-refractivity contribution in [3.63, 3.8) is 0 Å². The average molecular weight is 776 g/mol. The lowest BCUT2D eigenvalue weighted by Crippen LogP contribution is -2.37. The molecule has 2 aliphatic rings. The zero-order chi connectivity index (χ0) is 43.2. The van der Waals surface area contributed by atoms with Crippen LogP contribution in [0.5, 0.6) is 0 Å². The standard InChI is InChI=1S/C55H41N3Si/c1-59(2,3)43-29-25-36(26-30-43)40-27-31-50-46(34-40)47-35-41(28-32-51(47)55(50)48-23-12-10-21-44(48)45-22-11-13-24-49(45)55)39-19-14-20-42(33-39)54-57-52(37-15-6-4-7-16-37)56-53(58-54)38-17-8-5-9-18-38/h4-35H,1-3H3/i14D,19D,20D,33D. The molecule has 1 spiro atoms. The first-order valence-corrected chi connectivity index (χ1v) is 23.6. The summed E-state index contributed by atoms with van der Waals surface area (Å²) < 4.78 is 37.6. The van der Waals surface area contributed by atoms with Gasteiger partial charge < -0.3 is 0 Å². The van der Waals surface area contributed by atoms with Crippen molar-refractivity contribution in [3.8, 4) is 78.7 Å². The van der Waals surface area contributed by atoms with Gasteiger partial charge in [-0.15, -0.1) is 0 Å². The van der Waals surface area contributed by atoms with Gasteiger partial charge in [0.05, 0.1) is 19.0 Å². The zero-order valence-electron chi connectivity index (χ0n) is 37.0. The summed E-state index contributed by atoms with van der Waals surface area (Å²) in [5.41, 5.74) is 13.4. The van der Waals surface area contributed by atoms with Crippen molar-refractivity contribution in [2.24, 2.45) is 0 Å². The van der Waals surface area contributed by atoms with Crippen LogP contribution < -0.4 is 5.19 Å². The van der Waals surface area contributed by atoms with E-state index < -0.39 is 13.5 Å². The molecule has 8 aromatic carbocycles. The molecule has 1 heterocycles. The summed E-state index contributed by atoms with van der Waals surface area (Å²) in [7, 11) is -1.50. The third-order valence-electron chi connectivity index (χ3n) is 12.0. The molecule has 2 aliphatic carbocycles. The van der Waals surface area contributed by atoms with Crippen molar-refractivity contribution in [2.45, 2.75) is 25.1 Å². The van der Waals surface area contributed by atoms with E-state index in [4.69, 9.17) is 16.3 Å². The third-order valence-corrected chi connectivity index (χ3v) is 14.1. The van der Waals surface area contributed by atoms with Crippen LogP contribution in [0.15, 0.2) is 194 Å². The number of hydrogen-bond acceptors (Lipinski definition) is 3. The Bertz CT molecular complexity index is 3210. The average Bonchev–Trinajstić information content (AvgIpc) is 3.78. The van der Waals surface area contributed by atoms with Crippen LogP contribution in [-0.2, 0) is 5.41 Å². The molecule has 0 saturated carbocycles. The molecule has 0 saturated heterocycles. The van der Waals surface area contributed by atoms with Gasteiger partial charge in [-0.05, 0) is 84.9 Å². The Labute approximate surface area is 352 Å². The fourth-order valence-electron chi connectivity index (χ4n) is 9.17. The lowest BCUT2D eigenvalue weighted by molar-refractivity contribution is 0.794. The lowest BCUT2D eigenvalue weighted by atomic mass is 9.70. The molecule has 9 aromatic rings. The van der Waals surface area contributed by atoms with E-state index in [1.54, 1.807) is 0 Å². The molecule has 0 radical (unpaired) electrons. The molecule has 3 nitrogen and oxygen atoms in total. The van der Waals surface area contributed by atoms with Gasteiger partial charge in [-0.1, -0.05) is 201 Å². The Hall–Kier alpha value is -7.01. The fourth-order valence-corrected chi connectivity index (χ4v) is 10.3. The summed E-state index contributed by atoms with van der Waals surface area (Å²) in [6.07, 6.45) is 0. The SMILES string of the molecule is [2H]c1c([2H])c(-c2ccc3c(c2)-c2cc(-c4ccc([Si](C)(C)C)cc4)ccc2C32c3ccccc3-c3ccccc32)c([2H])c(-c2nc(-c3ccccc3)nc(-c3ccccc3)n2)c1[2H]. The summed E-state index contributed by atoms with van der Waals surface area (Å²) in [5.74, 6) is 0.898. The highest BCUT2D eigenvalue weighted by atomic mass is 28.3. The highest BCUT2D eigenvalue weighted by molar-refractivity contribution is 6.88. The minimum atomic E-state index is -1.50. The van der Waals surface area contributed by atoms with Crippen LogP contribution in [0, 0.1) is 0 Å². The molecule has 1 aromatic heterocycles. The number of rotatable bonds is 6. The van der Waals surface area contributed by atoms with Crippen LogP contribution in [0.1, 0.15) is 27.7 Å². The molecule has 4 heteroatoms. The first-order valence-electron chi connectivity index (χ1n) is 22.1. The normalized spacial score (nSPS) is 14.1. The van der Waals surface area contributed by atoms with Gasteiger partial charge in [0, 0.05) is 16.7 Å². The number of nitrogens with zero attached hydrogens (tertiary/aromatic N) is 3. The molecule has 0 amide bonds. The molecule has 0 unspecified atom stereocenters. The maximum atomic E-state index is 9.83. The second kappa shape index (κ2) is 13.5. The minimum absolute atomic E-state index is 0.0779. The van der Waals surface area contributed by atoms with E-state index in [1.807, 2.05) is 66.7 Å². The molecule has 59 heavy (non-hydrogen) atoms. The zero-order valence-corrected chi connectivity index (χ0v) is 34.0. The Morgan fingerprint density at radius 2 is 0.814 bits per heavy atom. The van der Waals surface area contributed by atoms with E-state index in [0.717, 1.165) is 38.9 Å². The Morgan fingerprint density at radius 1 is 0.390 bits per heavy atom. The van der Waals surface area contributed by atoms with E-state index in [-0.39, 0.29) is 41.1 Å². The van der Waals surface area contributed by atoms with Crippen LogP contribution in [0.3, 0.4) is 0 Å². The van der Waals surface area contributed by atoms with Gasteiger partial charge in [-0.25, -0.2) is 15.0 Å². The van der Waals surface area contributed by atoms with Crippen LogP contribution >= 0.6 is 0 Å². The largest absolute Gasteiger partial charge is 0.208 e. The molecule has 11 rings (SSSR count). The maximum Gasteiger partial charge on any atom is 0.164 e. The Morgan fingerprint density at radius 3 is 1.34 bits per heavy atom. The molecule has 280 valence electrons. The summed E-state index contributed by atoms with van der Waals surface area (Å²) in [6, 6.07) is 57.8. The van der Waals surface area contributed by atoms with Gasteiger partial charge in [-0.3, -0.25) is 0 Å². The smallest absolute Gasteiger partial charge is 0.164 e. The fraction of sp³-hybridized carbons (Fsp3) is 0.0727. The summed E-state index contributed by atoms with van der Waals surface area (Å²) in [4.78, 5) is 14.5. The van der Waals surface area contributed by atoms with Crippen molar-refractivity contribution in [1.29, 1.82) is 0 Å². The second-order valence-electron chi connectivity index (χ2n) is 16.5. The quantitative estimate of drug-likeness (QED) is 0.158. The molecule has 0 atom stereocenters. The molecule has 0 N–H and O–H groups in total. The Balaban J connectivity index is 1.14. The highest BCUT2D eigenvalue weighted by Gasteiger charge is 2.51. The first kappa shape index (κ1) is 31.0. The van der Waals surface area contributed by atoms with Gasteiger partial charge in [0.2, 0.25) is 0 Å². The molecule has 0 bridgehead atoms. The minimum Gasteiger partial charge on any atom is -0.208 e. The van der Waals surface area contributed by atoms with E-state index in [0.29, 0.717) is 17.2 Å². The number of benzene rings is 8. The van der Waals surface area contributed by atoms with Crippen molar-refractivity contribution < 1.29 is 5.48 Å². The van der Waals surface area contributed by atoms with Crippen LogP contribution in [0.4, 0.5) is 0 Å². The van der Waals surface area contributed by atoms with Crippen LogP contribution in [-0.4, -0.2) is 23.0 Å². The molecular formula is C55H41N3Si. The summed E-state index contributed by atoms with van der Waals surface area (Å²) in [6.45, 7) is 7.10. The van der Waals surface area contributed by atoms with E-state index in [9.17, 15) is 4.11 Å². The van der Waals surface area contributed by atoms with Crippen LogP contribution in [0.2, 0.25) is 19.6 Å². The van der Waals surface area contributed by atoms with Gasteiger partial charge >= 0.3 is 0 Å². The van der Waals surface area contributed by atoms with Gasteiger partial charge in [0.15, 0.2) is 17.5 Å². The summed E-state index contributed by atoms with van der Waals surface area (Å²) in [5, 5.41) is 1.41. The molecule has 0 fully saturated rings. The van der Waals surface area contributed by atoms with Gasteiger partial charge in [0.25, 0.3) is 0 Å².